The van der Waals surface area contributed by atoms with Crippen LogP contribution in [0.15, 0.2) is 24.5 Å². The average Bonchev–Trinajstić information content (AvgIpc) is 2.48. The zero-order valence-corrected chi connectivity index (χ0v) is 12.7. The Labute approximate surface area is 128 Å². The van der Waals surface area contributed by atoms with Crippen LogP contribution in [-0.2, 0) is 6.42 Å². The first kappa shape index (κ1) is 15.5. The standard InChI is InChI=1S/C15H17ClFN3O/c1-3-7-18-14-11(4-2)15(20-9-19-14)21-13-6-5-10(17)8-12(13)16/h5-6,8-9H,3-4,7H2,1-2H3,(H,18,19,20). The van der Waals surface area contributed by atoms with Gasteiger partial charge in [-0.1, -0.05) is 25.4 Å². The summed E-state index contributed by atoms with van der Waals surface area (Å²) in [7, 11) is 0. The third kappa shape index (κ3) is 3.82. The number of halogens is 2. The summed E-state index contributed by atoms with van der Waals surface area (Å²) >= 11 is 5.97. The predicted molar refractivity (Wildman–Crippen MR) is 81.7 cm³/mol. The lowest BCUT2D eigenvalue weighted by Gasteiger charge is -2.13. The van der Waals surface area contributed by atoms with Crippen molar-refractivity contribution in [3.05, 3.63) is 40.9 Å². The number of anilines is 1. The SMILES string of the molecule is CCCNc1ncnc(Oc2ccc(F)cc2Cl)c1CC. The van der Waals surface area contributed by atoms with Gasteiger partial charge in [-0.25, -0.2) is 14.4 Å². The minimum Gasteiger partial charge on any atom is -0.437 e. The maximum atomic E-state index is 13.1. The Hall–Kier alpha value is -1.88. The summed E-state index contributed by atoms with van der Waals surface area (Å²) in [4.78, 5) is 8.38. The number of benzene rings is 1. The molecule has 112 valence electrons. The highest BCUT2D eigenvalue weighted by Crippen LogP contribution is 2.32. The van der Waals surface area contributed by atoms with E-state index in [0.717, 1.165) is 24.3 Å². The fraction of sp³-hybridized carbons (Fsp3) is 0.333. The van der Waals surface area contributed by atoms with Crippen LogP contribution in [0.25, 0.3) is 0 Å². The van der Waals surface area contributed by atoms with Crippen molar-refractivity contribution in [2.75, 3.05) is 11.9 Å². The van der Waals surface area contributed by atoms with Gasteiger partial charge in [-0.2, -0.15) is 0 Å². The van der Waals surface area contributed by atoms with Gasteiger partial charge < -0.3 is 10.1 Å². The van der Waals surface area contributed by atoms with E-state index in [0.29, 0.717) is 18.1 Å². The van der Waals surface area contributed by atoms with Crippen LogP contribution >= 0.6 is 11.6 Å². The fourth-order valence-corrected chi connectivity index (χ4v) is 2.07. The van der Waals surface area contributed by atoms with Crippen molar-refractivity contribution in [3.63, 3.8) is 0 Å². The molecule has 4 nitrogen and oxygen atoms in total. The molecule has 0 fully saturated rings. The molecule has 0 saturated carbocycles. The van der Waals surface area contributed by atoms with E-state index in [4.69, 9.17) is 16.3 Å². The van der Waals surface area contributed by atoms with Crippen molar-refractivity contribution in [2.45, 2.75) is 26.7 Å². The van der Waals surface area contributed by atoms with E-state index in [2.05, 4.69) is 22.2 Å². The summed E-state index contributed by atoms with van der Waals surface area (Å²) in [5.74, 6) is 1.14. The highest BCUT2D eigenvalue weighted by atomic mass is 35.5. The summed E-state index contributed by atoms with van der Waals surface area (Å²) in [5.41, 5.74) is 0.867. The van der Waals surface area contributed by atoms with Gasteiger partial charge in [0.05, 0.1) is 10.6 Å². The van der Waals surface area contributed by atoms with E-state index >= 15 is 0 Å². The molecule has 1 aromatic carbocycles. The molecule has 0 aliphatic heterocycles. The van der Waals surface area contributed by atoms with E-state index in [1.54, 1.807) is 0 Å². The van der Waals surface area contributed by atoms with Gasteiger partial charge in [-0.3, -0.25) is 0 Å². The molecule has 0 amide bonds. The zero-order chi connectivity index (χ0) is 15.2. The molecule has 0 unspecified atom stereocenters. The van der Waals surface area contributed by atoms with Crippen molar-refractivity contribution in [1.29, 1.82) is 0 Å². The van der Waals surface area contributed by atoms with Crippen molar-refractivity contribution in [1.82, 2.24) is 9.97 Å². The summed E-state index contributed by atoms with van der Waals surface area (Å²) < 4.78 is 18.8. The molecule has 1 heterocycles. The monoisotopic (exact) mass is 309 g/mol. The van der Waals surface area contributed by atoms with Gasteiger partial charge in [0.2, 0.25) is 5.88 Å². The van der Waals surface area contributed by atoms with Crippen LogP contribution in [0, 0.1) is 5.82 Å². The molecule has 0 saturated heterocycles. The van der Waals surface area contributed by atoms with Crippen LogP contribution < -0.4 is 10.1 Å². The van der Waals surface area contributed by atoms with Gasteiger partial charge in [-0.05, 0) is 31.0 Å². The van der Waals surface area contributed by atoms with Crippen molar-refractivity contribution in [3.8, 4) is 11.6 Å². The topological polar surface area (TPSA) is 47.0 Å². The first-order valence-electron chi connectivity index (χ1n) is 6.86. The maximum absolute atomic E-state index is 13.1. The molecule has 6 heteroatoms. The van der Waals surface area contributed by atoms with E-state index in [1.165, 1.54) is 24.5 Å². The molecule has 1 aromatic heterocycles. The Morgan fingerprint density at radius 3 is 2.76 bits per heavy atom. The second-order valence-corrected chi connectivity index (χ2v) is 4.87. The molecule has 1 N–H and O–H groups in total. The van der Waals surface area contributed by atoms with Crippen LogP contribution in [0.1, 0.15) is 25.8 Å². The molecule has 2 rings (SSSR count). The Morgan fingerprint density at radius 2 is 2.10 bits per heavy atom. The maximum Gasteiger partial charge on any atom is 0.227 e. The number of ether oxygens (including phenoxy) is 1. The Bertz CT molecular complexity index is 622. The van der Waals surface area contributed by atoms with Crippen molar-refractivity contribution < 1.29 is 9.13 Å². The van der Waals surface area contributed by atoms with Crippen LogP contribution in [0.2, 0.25) is 5.02 Å². The smallest absolute Gasteiger partial charge is 0.227 e. The van der Waals surface area contributed by atoms with Gasteiger partial charge >= 0.3 is 0 Å². The third-order valence-electron chi connectivity index (χ3n) is 2.90. The van der Waals surface area contributed by atoms with Crippen LogP contribution in [0.4, 0.5) is 10.2 Å². The first-order chi connectivity index (χ1) is 10.2. The van der Waals surface area contributed by atoms with Gasteiger partial charge in [0, 0.05) is 6.54 Å². The van der Waals surface area contributed by atoms with Crippen molar-refractivity contribution in [2.24, 2.45) is 0 Å². The number of nitrogens with zero attached hydrogens (tertiary/aromatic N) is 2. The summed E-state index contributed by atoms with van der Waals surface area (Å²) in [5, 5.41) is 3.45. The van der Waals surface area contributed by atoms with Crippen LogP contribution in [0.3, 0.4) is 0 Å². The number of hydrogen-bond acceptors (Lipinski definition) is 4. The van der Waals surface area contributed by atoms with Crippen LogP contribution in [0.5, 0.6) is 11.6 Å². The molecule has 2 aromatic rings. The number of aromatic nitrogens is 2. The average molecular weight is 310 g/mol. The summed E-state index contributed by atoms with van der Waals surface area (Å²) in [6.07, 6.45) is 3.14. The number of hydrogen-bond donors (Lipinski definition) is 1. The van der Waals surface area contributed by atoms with Gasteiger partial charge in [0.25, 0.3) is 0 Å². The molecule has 0 radical (unpaired) electrons. The van der Waals surface area contributed by atoms with E-state index in [1.807, 2.05) is 6.92 Å². The Balaban J connectivity index is 2.30. The molecular weight excluding hydrogens is 293 g/mol. The van der Waals surface area contributed by atoms with E-state index in [9.17, 15) is 4.39 Å². The lowest BCUT2D eigenvalue weighted by Crippen LogP contribution is -2.07. The largest absolute Gasteiger partial charge is 0.437 e. The first-order valence-corrected chi connectivity index (χ1v) is 7.24. The molecule has 21 heavy (non-hydrogen) atoms. The van der Waals surface area contributed by atoms with E-state index in [-0.39, 0.29) is 5.02 Å². The fourth-order valence-electron chi connectivity index (χ4n) is 1.86. The molecule has 0 aliphatic carbocycles. The lowest BCUT2D eigenvalue weighted by atomic mass is 10.2. The lowest BCUT2D eigenvalue weighted by molar-refractivity contribution is 0.454. The predicted octanol–water partition coefficient (Wildman–Crippen LogP) is 4.45. The second kappa shape index (κ2) is 7.22. The Morgan fingerprint density at radius 1 is 1.29 bits per heavy atom. The van der Waals surface area contributed by atoms with Crippen LogP contribution in [-0.4, -0.2) is 16.5 Å². The molecular formula is C15H17ClFN3O. The minimum atomic E-state index is -0.406. The van der Waals surface area contributed by atoms with E-state index < -0.39 is 5.82 Å². The van der Waals surface area contributed by atoms with Gasteiger partial charge in [0.15, 0.2) is 0 Å². The highest BCUT2D eigenvalue weighted by Gasteiger charge is 2.13. The molecule has 0 atom stereocenters. The minimum absolute atomic E-state index is 0.207. The zero-order valence-electron chi connectivity index (χ0n) is 12.0. The number of nitrogens with one attached hydrogen (secondary N) is 1. The molecule has 0 spiro atoms. The molecule has 0 bridgehead atoms. The highest BCUT2D eigenvalue weighted by molar-refractivity contribution is 6.32. The normalized spacial score (nSPS) is 10.5. The number of rotatable bonds is 6. The quantitative estimate of drug-likeness (QED) is 0.856. The molecule has 0 aliphatic rings. The second-order valence-electron chi connectivity index (χ2n) is 4.46. The Kier molecular flexibility index (Phi) is 5.33. The van der Waals surface area contributed by atoms with Gasteiger partial charge in [-0.15, -0.1) is 0 Å². The summed E-state index contributed by atoms with van der Waals surface area (Å²) in [6.45, 7) is 4.89. The summed E-state index contributed by atoms with van der Waals surface area (Å²) in [6, 6.07) is 3.99. The van der Waals surface area contributed by atoms with Crippen molar-refractivity contribution >= 4 is 17.4 Å². The third-order valence-corrected chi connectivity index (χ3v) is 3.20. The van der Waals surface area contributed by atoms with Gasteiger partial charge in [0.1, 0.15) is 23.7 Å².